The zero-order chi connectivity index (χ0) is 5.28. The molecule has 7 heavy (non-hydrogen) atoms. The van der Waals surface area contributed by atoms with Crippen LogP contribution in [-0.4, -0.2) is 4.98 Å². The lowest BCUT2D eigenvalue weighted by Gasteiger charge is -1.67. The topological polar surface area (TPSA) is 26.0 Å². The molecule has 0 saturated heterocycles. The van der Waals surface area contributed by atoms with E-state index in [1.165, 1.54) is 0 Å². The van der Waals surface area contributed by atoms with Gasteiger partial charge in [-0.25, -0.2) is 0 Å². The predicted octanol–water partition coefficient (Wildman–Crippen LogP) is 0.953. The third kappa shape index (κ3) is 0.581. The van der Waals surface area contributed by atoms with E-state index in [0.717, 1.165) is 0 Å². The highest BCUT2D eigenvalue weighted by Gasteiger charge is 2.01. The van der Waals surface area contributed by atoms with Crippen LogP contribution in [0, 0.1) is 12.0 Å². The van der Waals surface area contributed by atoms with E-state index in [1.54, 1.807) is 0 Å². The summed E-state index contributed by atoms with van der Waals surface area (Å²) in [5.41, 5.74) is 0. The summed E-state index contributed by atoms with van der Waals surface area (Å²) in [7, 11) is 0. The summed E-state index contributed by atoms with van der Waals surface area (Å²) in [6.07, 6.45) is 0.699. The molecular weight excluding hydrogens is 104 g/mol. The zero-order valence-electron chi connectivity index (χ0n) is 3.19. The standard InChI is InChI=1S/C3HF2NO/c4-2-3(5)7-1-6-2/h1H. The van der Waals surface area contributed by atoms with Gasteiger partial charge >= 0.3 is 6.01 Å². The van der Waals surface area contributed by atoms with Gasteiger partial charge in [0.25, 0.3) is 5.95 Å². The van der Waals surface area contributed by atoms with E-state index in [9.17, 15) is 8.78 Å². The van der Waals surface area contributed by atoms with Crippen molar-refractivity contribution in [2.75, 3.05) is 0 Å². The lowest BCUT2D eigenvalue weighted by atomic mass is 10.9. The van der Waals surface area contributed by atoms with Gasteiger partial charge in [-0.3, -0.25) is 0 Å². The van der Waals surface area contributed by atoms with E-state index in [1.807, 2.05) is 0 Å². The first kappa shape index (κ1) is 4.23. The molecule has 1 rings (SSSR count). The molecule has 0 bridgehead atoms. The lowest BCUT2D eigenvalue weighted by molar-refractivity contribution is 0.326. The Morgan fingerprint density at radius 3 is 2.43 bits per heavy atom. The van der Waals surface area contributed by atoms with E-state index in [4.69, 9.17) is 0 Å². The van der Waals surface area contributed by atoms with Gasteiger partial charge in [-0.15, -0.1) is 0 Å². The SMILES string of the molecule is Fc1ncoc1F. The van der Waals surface area contributed by atoms with E-state index in [0.29, 0.717) is 6.39 Å². The van der Waals surface area contributed by atoms with Crippen molar-refractivity contribution in [3.8, 4) is 0 Å². The minimum absolute atomic E-state index is 0.699. The summed E-state index contributed by atoms with van der Waals surface area (Å²) in [5, 5.41) is 0. The minimum Gasteiger partial charge on any atom is -0.416 e. The summed E-state index contributed by atoms with van der Waals surface area (Å²) >= 11 is 0. The molecule has 4 heteroatoms. The number of hydrogen-bond donors (Lipinski definition) is 0. The molecule has 1 aromatic rings. The van der Waals surface area contributed by atoms with Crippen LogP contribution in [-0.2, 0) is 0 Å². The van der Waals surface area contributed by atoms with Gasteiger partial charge < -0.3 is 4.42 Å². The highest BCUT2D eigenvalue weighted by Crippen LogP contribution is 1.98. The van der Waals surface area contributed by atoms with Crippen molar-refractivity contribution in [1.82, 2.24) is 4.98 Å². The Kier molecular flexibility index (Phi) is 0.780. The van der Waals surface area contributed by atoms with Crippen LogP contribution < -0.4 is 0 Å². The Morgan fingerprint density at radius 1 is 1.57 bits per heavy atom. The summed E-state index contributed by atoms with van der Waals surface area (Å²) in [6.45, 7) is 0. The van der Waals surface area contributed by atoms with Crippen molar-refractivity contribution >= 4 is 0 Å². The molecule has 0 atom stereocenters. The number of aromatic nitrogens is 1. The van der Waals surface area contributed by atoms with Crippen molar-refractivity contribution in [3.63, 3.8) is 0 Å². The largest absolute Gasteiger partial charge is 0.416 e. The molecular formula is C3HF2NO. The maximum atomic E-state index is 11.5. The average Bonchev–Trinajstić information content (AvgIpc) is 1.91. The maximum Gasteiger partial charge on any atom is 0.335 e. The molecule has 38 valence electrons. The molecule has 0 saturated carbocycles. The fourth-order valence-electron chi connectivity index (χ4n) is 0.218. The second kappa shape index (κ2) is 1.29. The molecule has 0 fully saturated rings. The van der Waals surface area contributed by atoms with Crippen molar-refractivity contribution in [2.24, 2.45) is 0 Å². The van der Waals surface area contributed by atoms with Crippen LogP contribution in [0.25, 0.3) is 0 Å². The normalized spacial score (nSPS) is 9.43. The van der Waals surface area contributed by atoms with Gasteiger partial charge in [0, 0.05) is 0 Å². The molecule has 0 spiro atoms. The summed E-state index contributed by atoms with van der Waals surface area (Å²) in [4.78, 5) is 2.81. The van der Waals surface area contributed by atoms with Crippen LogP contribution in [0.2, 0.25) is 0 Å². The van der Waals surface area contributed by atoms with Gasteiger partial charge in [0.2, 0.25) is 0 Å². The van der Waals surface area contributed by atoms with Gasteiger partial charge in [-0.05, 0) is 0 Å². The van der Waals surface area contributed by atoms with Gasteiger partial charge in [-0.1, -0.05) is 0 Å². The summed E-state index contributed by atoms with van der Waals surface area (Å²) in [6, 6.07) is -1.26. The van der Waals surface area contributed by atoms with Crippen molar-refractivity contribution in [2.45, 2.75) is 0 Å². The summed E-state index contributed by atoms with van der Waals surface area (Å²) < 4.78 is 26.8. The van der Waals surface area contributed by atoms with Crippen molar-refractivity contribution < 1.29 is 13.2 Å². The van der Waals surface area contributed by atoms with Gasteiger partial charge in [-0.2, -0.15) is 13.8 Å². The first-order valence-corrected chi connectivity index (χ1v) is 1.55. The third-order valence-corrected chi connectivity index (χ3v) is 0.484. The van der Waals surface area contributed by atoms with Gasteiger partial charge in [0.15, 0.2) is 6.39 Å². The molecule has 0 amide bonds. The van der Waals surface area contributed by atoms with Crippen LogP contribution in [0.1, 0.15) is 0 Å². The maximum absolute atomic E-state index is 11.5. The predicted molar refractivity (Wildman–Crippen MR) is 16.4 cm³/mol. The summed E-state index contributed by atoms with van der Waals surface area (Å²) in [5.74, 6) is -1.19. The van der Waals surface area contributed by atoms with E-state index in [2.05, 4.69) is 9.40 Å². The second-order valence-corrected chi connectivity index (χ2v) is 0.917. The number of nitrogens with zero attached hydrogens (tertiary/aromatic N) is 1. The Bertz CT molecular complexity index is 145. The fourth-order valence-corrected chi connectivity index (χ4v) is 0.218. The first-order valence-electron chi connectivity index (χ1n) is 1.55. The first-order chi connectivity index (χ1) is 3.30. The van der Waals surface area contributed by atoms with Crippen LogP contribution in [0.15, 0.2) is 10.8 Å². The monoisotopic (exact) mass is 105 g/mol. The third-order valence-electron chi connectivity index (χ3n) is 0.484. The molecule has 1 heterocycles. The molecule has 0 aliphatic carbocycles. The Balaban J connectivity index is 3.12. The fraction of sp³-hybridized carbons (Fsp3) is 0. The number of rotatable bonds is 0. The molecule has 0 unspecified atom stereocenters. The smallest absolute Gasteiger partial charge is 0.335 e. The Morgan fingerprint density at radius 2 is 2.29 bits per heavy atom. The quantitative estimate of drug-likeness (QED) is 0.491. The molecule has 1 aromatic heterocycles. The van der Waals surface area contributed by atoms with Crippen LogP contribution in [0.3, 0.4) is 0 Å². The van der Waals surface area contributed by atoms with Gasteiger partial charge in [0.05, 0.1) is 0 Å². The molecule has 2 nitrogen and oxygen atoms in total. The van der Waals surface area contributed by atoms with E-state index in [-0.39, 0.29) is 0 Å². The van der Waals surface area contributed by atoms with E-state index < -0.39 is 12.0 Å². The number of halogens is 2. The number of oxazole rings is 1. The van der Waals surface area contributed by atoms with Crippen molar-refractivity contribution in [1.29, 1.82) is 0 Å². The molecule has 0 N–H and O–H groups in total. The lowest BCUT2D eigenvalue weighted by Crippen LogP contribution is -1.72. The van der Waals surface area contributed by atoms with Crippen LogP contribution >= 0.6 is 0 Å². The highest BCUT2D eigenvalue weighted by atomic mass is 19.2. The molecule has 0 radical (unpaired) electrons. The zero-order valence-corrected chi connectivity index (χ0v) is 3.19. The Labute approximate surface area is 37.8 Å². The second-order valence-electron chi connectivity index (χ2n) is 0.917. The highest BCUT2D eigenvalue weighted by molar-refractivity contribution is 4.70. The van der Waals surface area contributed by atoms with Crippen molar-refractivity contribution in [3.05, 3.63) is 18.4 Å². The molecule has 0 aliphatic heterocycles. The van der Waals surface area contributed by atoms with E-state index >= 15 is 0 Å². The minimum atomic E-state index is -1.26. The van der Waals surface area contributed by atoms with Crippen LogP contribution in [0.5, 0.6) is 0 Å². The van der Waals surface area contributed by atoms with Gasteiger partial charge in [0.1, 0.15) is 0 Å². The number of hydrogen-bond acceptors (Lipinski definition) is 2. The Hall–Kier alpha value is -0.930. The molecule has 0 aromatic carbocycles. The van der Waals surface area contributed by atoms with Crippen LogP contribution in [0.4, 0.5) is 8.78 Å². The molecule has 0 aliphatic rings. The average molecular weight is 105 g/mol.